The standard InChI is InChI=1S/C27H28ClN5S/c1-17-15-27(2,3)32(4)23-14-21(28)20(13-19(17)23)25-24(22-10-6-8-12-30-22)31-26(34)33(25)16-18-9-5-7-11-29-18/h5-15,24-25H,16H2,1-4H3,(H,31,34)/t24-,25-/m0/s1. The number of aromatic nitrogens is 2. The number of halogens is 1. The summed E-state index contributed by atoms with van der Waals surface area (Å²) in [6.07, 6.45) is 5.94. The summed E-state index contributed by atoms with van der Waals surface area (Å²) in [4.78, 5) is 13.7. The third-order valence-electron chi connectivity index (χ3n) is 6.91. The maximum absolute atomic E-state index is 7.04. The van der Waals surface area contributed by atoms with Gasteiger partial charge in [0.2, 0.25) is 0 Å². The molecular formula is C27H28ClN5S. The van der Waals surface area contributed by atoms with Crippen LogP contribution in [0.15, 0.2) is 67.0 Å². The van der Waals surface area contributed by atoms with Gasteiger partial charge in [0.1, 0.15) is 0 Å². The molecule has 2 aromatic heterocycles. The Bertz CT molecular complexity index is 1260. The van der Waals surface area contributed by atoms with E-state index in [-0.39, 0.29) is 17.6 Å². The van der Waals surface area contributed by atoms with Gasteiger partial charge < -0.3 is 15.1 Å². The molecule has 2 aliphatic rings. The fraction of sp³-hybridized carbons (Fsp3) is 0.296. The first-order valence-electron chi connectivity index (χ1n) is 11.4. The first kappa shape index (κ1) is 22.8. The highest BCUT2D eigenvalue weighted by molar-refractivity contribution is 7.80. The number of nitrogens with zero attached hydrogens (tertiary/aromatic N) is 4. The second-order valence-electron chi connectivity index (χ2n) is 9.51. The van der Waals surface area contributed by atoms with Gasteiger partial charge in [-0.1, -0.05) is 29.8 Å². The van der Waals surface area contributed by atoms with E-state index in [4.69, 9.17) is 23.8 Å². The van der Waals surface area contributed by atoms with Gasteiger partial charge in [-0.15, -0.1) is 0 Å². The van der Waals surface area contributed by atoms with Gasteiger partial charge in [0, 0.05) is 35.7 Å². The zero-order valence-corrected chi connectivity index (χ0v) is 21.4. The lowest BCUT2D eigenvalue weighted by molar-refractivity contribution is 0.308. The van der Waals surface area contributed by atoms with E-state index in [9.17, 15) is 0 Å². The molecule has 7 heteroatoms. The molecule has 34 heavy (non-hydrogen) atoms. The number of thiocarbonyl (C=S) groups is 1. The molecule has 5 nitrogen and oxygen atoms in total. The summed E-state index contributed by atoms with van der Waals surface area (Å²) < 4.78 is 0. The maximum atomic E-state index is 7.04. The Balaban J connectivity index is 1.64. The molecule has 0 unspecified atom stereocenters. The van der Waals surface area contributed by atoms with Crippen molar-refractivity contribution in [3.8, 4) is 0 Å². The van der Waals surface area contributed by atoms with Crippen molar-refractivity contribution in [2.24, 2.45) is 0 Å². The normalized spacial score (nSPS) is 21.2. The lowest BCUT2D eigenvalue weighted by atomic mass is 9.86. The first-order valence-corrected chi connectivity index (χ1v) is 12.2. The van der Waals surface area contributed by atoms with Crippen molar-refractivity contribution in [3.63, 3.8) is 0 Å². The predicted molar refractivity (Wildman–Crippen MR) is 143 cm³/mol. The van der Waals surface area contributed by atoms with E-state index in [2.05, 4.69) is 71.1 Å². The quantitative estimate of drug-likeness (QED) is 0.458. The molecule has 0 radical (unpaired) electrons. The highest BCUT2D eigenvalue weighted by Gasteiger charge is 2.42. The second kappa shape index (κ2) is 8.67. The summed E-state index contributed by atoms with van der Waals surface area (Å²) in [5, 5.41) is 4.91. The predicted octanol–water partition coefficient (Wildman–Crippen LogP) is 5.93. The summed E-state index contributed by atoms with van der Waals surface area (Å²) in [5.74, 6) is 0. The summed E-state index contributed by atoms with van der Waals surface area (Å²) in [7, 11) is 2.12. The fourth-order valence-corrected chi connectivity index (χ4v) is 5.57. The highest BCUT2D eigenvalue weighted by Crippen LogP contribution is 2.46. The molecule has 1 saturated heterocycles. The van der Waals surface area contributed by atoms with E-state index in [1.54, 1.807) is 0 Å². The molecule has 1 aromatic carbocycles. The minimum atomic E-state index is -0.130. The lowest BCUT2D eigenvalue weighted by Gasteiger charge is -2.41. The topological polar surface area (TPSA) is 44.3 Å². The van der Waals surface area contributed by atoms with Crippen LogP contribution in [0.1, 0.15) is 55.4 Å². The Morgan fingerprint density at radius 2 is 1.82 bits per heavy atom. The monoisotopic (exact) mass is 489 g/mol. The average molecular weight is 490 g/mol. The number of hydrogen-bond donors (Lipinski definition) is 1. The van der Waals surface area contributed by atoms with Crippen molar-refractivity contribution in [1.82, 2.24) is 20.2 Å². The average Bonchev–Trinajstić information content (AvgIpc) is 3.14. The molecule has 0 saturated carbocycles. The molecular weight excluding hydrogens is 462 g/mol. The number of nitrogens with one attached hydrogen (secondary N) is 1. The molecule has 3 aromatic rings. The number of allylic oxidation sites excluding steroid dienone is 1. The van der Waals surface area contributed by atoms with Crippen molar-refractivity contribution in [1.29, 1.82) is 0 Å². The number of likely N-dealkylation sites (N-methyl/N-ethyl adjacent to an activating group) is 1. The summed E-state index contributed by atoms with van der Waals surface area (Å²) in [6.45, 7) is 7.18. The van der Waals surface area contributed by atoms with Gasteiger partial charge in [-0.2, -0.15) is 0 Å². The van der Waals surface area contributed by atoms with Gasteiger partial charge in [-0.25, -0.2) is 0 Å². The van der Waals surface area contributed by atoms with Crippen molar-refractivity contribution in [2.75, 3.05) is 11.9 Å². The van der Waals surface area contributed by atoms with Crippen LogP contribution in [-0.4, -0.2) is 32.6 Å². The van der Waals surface area contributed by atoms with E-state index in [0.717, 1.165) is 27.7 Å². The van der Waals surface area contributed by atoms with Crippen LogP contribution >= 0.6 is 23.8 Å². The van der Waals surface area contributed by atoms with Gasteiger partial charge >= 0.3 is 0 Å². The number of pyridine rings is 2. The molecule has 174 valence electrons. The minimum Gasteiger partial charge on any atom is -0.365 e. The van der Waals surface area contributed by atoms with Gasteiger partial charge in [-0.05, 0) is 80.5 Å². The fourth-order valence-electron chi connectivity index (χ4n) is 4.99. The van der Waals surface area contributed by atoms with Crippen molar-refractivity contribution >= 4 is 40.2 Å². The molecule has 1 fully saturated rings. The van der Waals surface area contributed by atoms with Gasteiger partial charge in [-0.3, -0.25) is 9.97 Å². The lowest BCUT2D eigenvalue weighted by Crippen LogP contribution is -2.42. The number of hydrogen-bond acceptors (Lipinski definition) is 4. The Labute approximate surface area is 211 Å². The van der Waals surface area contributed by atoms with Crippen molar-refractivity contribution in [3.05, 3.63) is 94.5 Å². The zero-order chi connectivity index (χ0) is 24.0. The number of rotatable bonds is 4. The van der Waals surface area contributed by atoms with E-state index in [1.807, 2.05) is 48.8 Å². The maximum Gasteiger partial charge on any atom is 0.170 e. The molecule has 0 amide bonds. The molecule has 2 aliphatic heterocycles. The molecule has 5 rings (SSSR count). The summed E-state index contributed by atoms with van der Waals surface area (Å²) >= 11 is 12.9. The van der Waals surface area contributed by atoms with Crippen LogP contribution in [0.25, 0.3) is 5.57 Å². The largest absolute Gasteiger partial charge is 0.365 e. The van der Waals surface area contributed by atoms with E-state index in [0.29, 0.717) is 11.7 Å². The third kappa shape index (κ3) is 3.95. The molecule has 0 bridgehead atoms. The van der Waals surface area contributed by atoms with E-state index >= 15 is 0 Å². The number of anilines is 1. The minimum absolute atomic E-state index is 0.0834. The molecule has 1 N–H and O–H groups in total. The van der Waals surface area contributed by atoms with Crippen molar-refractivity contribution < 1.29 is 0 Å². The zero-order valence-electron chi connectivity index (χ0n) is 19.8. The van der Waals surface area contributed by atoms with Crippen LogP contribution in [-0.2, 0) is 6.54 Å². The second-order valence-corrected chi connectivity index (χ2v) is 10.3. The Morgan fingerprint density at radius 1 is 1.09 bits per heavy atom. The Hall–Kier alpha value is -2.96. The molecule has 0 aliphatic carbocycles. The van der Waals surface area contributed by atoms with Crippen LogP contribution < -0.4 is 10.2 Å². The summed E-state index contributed by atoms with van der Waals surface area (Å²) in [6, 6.07) is 16.0. The van der Waals surface area contributed by atoms with Crippen LogP contribution in [0, 0.1) is 0 Å². The highest BCUT2D eigenvalue weighted by atomic mass is 35.5. The first-order chi connectivity index (χ1) is 16.3. The molecule has 0 spiro atoms. The third-order valence-corrected chi connectivity index (χ3v) is 7.59. The molecule has 2 atom stereocenters. The van der Waals surface area contributed by atoms with Gasteiger partial charge in [0.25, 0.3) is 0 Å². The van der Waals surface area contributed by atoms with Crippen LogP contribution in [0.3, 0.4) is 0 Å². The Morgan fingerprint density at radius 3 is 2.50 bits per heavy atom. The summed E-state index contributed by atoms with van der Waals surface area (Å²) in [5.41, 5.74) is 6.40. The van der Waals surface area contributed by atoms with Gasteiger partial charge in [0.15, 0.2) is 5.11 Å². The Kier molecular flexibility index (Phi) is 5.82. The van der Waals surface area contributed by atoms with E-state index in [1.165, 1.54) is 11.1 Å². The smallest absolute Gasteiger partial charge is 0.170 e. The van der Waals surface area contributed by atoms with E-state index < -0.39 is 0 Å². The SMILES string of the molecule is CC1=CC(C)(C)N(C)c2cc(Cl)c([C@H]3[C@H](c4ccccn4)NC(=S)N3Cc3ccccn3)cc21. The molecule has 4 heterocycles. The van der Waals surface area contributed by atoms with Crippen LogP contribution in [0.2, 0.25) is 5.02 Å². The van der Waals surface area contributed by atoms with Crippen LogP contribution in [0.4, 0.5) is 5.69 Å². The van der Waals surface area contributed by atoms with Crippen molar-refractivity contribution in [2.45, 2.75) is 44.9 Å². The number of fused-ring (bicyclic) bond motifs is 1. The van der Waals surface area contributed by atoms with Gasteiger partial charge in [0.05, 0.1) is 35.6 Å². The number of benzene rings is 1. The van der Waals surface area contributed by atoms with Crippen LogP contribution in [0.5, 0.6) is 0 Å².